The van der Waals surface area contributed by atoms with Crippen LogP contribution in [0.15, 0.2) is 12.2 Å². The molecule has 7 atom stereocenters. The van der Waals surface area contributed by atoms with E-state index in [9.17, 15) is 4.79 Å². The van der Waals surface area contributed by atoms with Gasteiger partial charge in [0.15, 0.2) is 0 Å². The van der Waals surface area contributed by atoms with Crippen LogP contribution in [0.5, 0.6) is 0 Å². The highest BCUT2D eigenvalue weighted by Crippen LogP contribution is 2.14. The van der Waals surface area contributed by atoms with Crippen LogP contribution in [0.25, 0.3) is 0 Å². The van der Waals surface area contributed by atoms with Crippen molar-refractivity contribution in [1.29, 1.82) is 0 Å². The van der Waals surface area contributed by atoms with Crippen molar-refractivity contribution < 1.29 is 75.8 Å². The SMILES string of the molecule is C=C(C)C(=O)NCCOCCOCCOCCOCCOCCOCCOCCOCCOCC(C)OCC(C)OCC(C)OCC(C)OCC(C)OCC(C)OCC(CC)CCCC. The first-order valence-electron chi connectivity index (χ1n) is 24.3. The Labute approximate surface area is 394 Å². The molecular formula is C48H95NO16. The summed E-state index contributed by atoms with van der Waals surface area (Å²) in [6, 6.07) is 0. The third-order valence-corrected chi connectivity index (χ3v) is 9.49. The number of hydrogen-bond acceptors (Lipinski definition) is 16. The summed E-state index contributed by atoms with van der Waals surface area (Å²) in [6.45, 7) is 34.1. The van der Waals surface area contributed by atoms with E-state index in [-0.39, 0.29) is 42.5 Å². The number of hydrogen-bond donors (Lipinski definition) is 1. The normalized spacial score (nSPS) is 15.1. The fraction of sp³-hybridized carbons (Fsp3) is 0.938. The topological polar surface area (TPSA) is 168 Å². The molecule has 0 rings (SSSR count). The van der Waals surface area contributed by atoms with Gasteiger partial charge in [-0.05, 0) is 60.8 Å². The van der Waals surface area contributed by atoms with E-state index < -0.39 is 0 Å². The van der Waals surface area contributed by atoms with E-state index in [1.165, 1.54) is 19.3 Å². The first-order chi connectivity index (χ1) is 31.5. The lowest BCUT2D eigenvalue weighted by atomic mass is 10.0. The number of amides is 1. The van der Waals surface area contributed by atoms with Crippen LogP contribution in [0.4, 0.5) is 0 Å². The van der Waals surface area contributed by atoms with Crippen molar-refractivity contribution in [3.63, 3.8) is 0 Å². The van der Waals surface area contributed by atoms with Gasteiger partial charge in [0, 0.05) is 18.7 Å². The quantitative estimate of drug-likeness (QED) is 0.0602. The summed E-state index contributed by atoms with van der Waals surface area (Å²) in [6.07, 6.45) is 4.65. The Kier molecular flexibility index (Phi) is 46.6. The van der Waals surface area contributed by atoms with E-state index >= 15 is 0 Å². The number of ether oxygens (including phenoxy) is 15. The van der Waals surface area contributed by atoms with Gasteiger partial charge in [0.25, 0.3) is 0 Å². The zero-order valence-corrected chi connectivity index (χ0v) is 42.3. The van der Waals surface area contributed by atoms with Crippen molar-refractivity contribution in [3.8, 4) is 0 Å². The molecule has 17 heteroatoms. The third-order valence-electron chi connectivity index (χ3n) is 9.49. The van der Waals surface area contributed by atoms with Gasteiger partial charge in [0.1, 0.15) is 0 Å². The minimum Gasteiger partial charge on any atom is -0.377 e. The number of carbonyl (C=O) groups excluding carboxylic acids is 1. The minimum atomic E-state index is -0.165. The Morgan fingerprint density at radius 1 is 0.415 bits per heavy atom. The van der Waals surface area contributed by atoms with Gasteiger partial charge >= 0.3 is 0 Å². The van der Waals surface area contributed by atoms with E-state index in [4.69, 9.17) is 71.1 Å². The lowest BCUT2D eigenvalue weighted by Crippen LogP contribution is -2.30. The van der Waals surface area contributed by atoms with Crippen molar-refractivity contribution >= 4 is 5.91 Å². The average Bonchev–Trinajstić information content (AvgIpc) is 3.29. The molecule has 0 saturated carbocycles. The number of rotatable bonds is 52. The monoisotopic (exact) mass is 942 g/mol. The van der Waals surface area contributed by atoms with E-state index in [0.717, 1.165) is 13.0 Å². The van der Waals surface area contributed by atoms with Crippen LogP contribution < -0.4 is 5.32 Å². The van der Waals surface area contributed by atoms with E-state index in [2.05, 4.69) is 32.7 Å². The first kappa shape index (κ1) is 63.6. The van der Waals surface area contributed by atoms with Crippen LogP contribution in [-0.4, -0.2) is 208 Å². The molecule has 0 radical (unpaired) electrons. The summed E-state index contributed by atoms with van der Waals surface area (Å²) < 4.78 is 85.4. The number of nitrogens with one attached hydrogen (secondary N) is 1. The molecule has 65 heavy (non-hydrogen) atoms. The molecule has 0 aliphatic carbocycles. The molecule has 0 aromatic heterocycles. The van der Waals surface area contributed by atoms with Crippen LogP contribution in [0.1, 0.15) is 88.0 Å². The van der Waals surface area contributed by atoms with Crippen LogP contribution in [-0.2, 0) is 75.8 Å². The predicted molar refractivity (Wildman–Crippen MR) is 251 cm³/mol. The summed E-state index contributed by atoms with van der Waals surface area (Å²) in [5.41, 5.74) is 0.478. The van der Waals surface area contributed by atoms with Crippen molar-refractivity contribution in [2.75, 3.05) is 165 Å². The summed E-state index contributed by atoms with van der Waals surface area (Å²) >= 11 is 0. The van der Waals surface area contributed by atoms with Gasteiger partial charge in [-0.1, -0.05) is 39.7 Å². The highest BCUT2D eigenvalue weighted by Gasteiger charge is 2.15. The van der Waals surface area contributed by atoms with Gasteiger partial charge < -0.3 is 76.4 Å². The molecule has 1 amide bonds. The molecule has 0 bridgehead atoms. The fourth-order valence-electron chi connectivity index (χ4n) is 5.38. The molecule has 17 nitrogen and oxygen atoms in total. The molecule has 0 aliphatic rings. The zero-order chi connectivity index (χ0) is 48.0. The second kappa shape index (κ2) is 47.7. The smallest absolute Gasteiger partial charge is 0.246 e. The van der Waals surface area contributed by atoms with Crippen molar-refractivity contribution in [1.82, 2.24) is 5.32 Å². The van der Waals surface area contributed by atoms with E-state index in [1.807, 2.05) is 34.6 Å². The number of carbonyl (C=O) groups is 1. The van der Waals surface area contributed by atoms with Gasteiger partial charge in [-0.3, -0.25) is 4.79 Å². The van der Waals surface area contributed by atoms with Crippen LogP contribution >= 0.6 is 0 Å². The Morgan fingerprint density at radius 3 is 0.985 bits per heavy atom. The Balaban J connectivity index is 3.48. The van der Waals surface area contributed by atoms with Gasteiger partial charge in [0.05, 0.1) is 189 Å². The summed E-state index contributed by atoms with van der Waals surface area (Å²) in [4.78, 5) is 11.3. The molecule has 0 aromatic carbocycles. The molecule has 1 N–H and O–H groups in total. The van der Waals surface area contributed by atoms with Crippen molar-refractivity contribution in [2.24, 2.45) is 5.92 Å². The van der Waals surface area contributed by atoms with Gasteiger partial charge in [-0.25, -0.2) is 0 Å². The average molecular weight is 942 g/mol. The second-order valence-corrected chi connectivity index (χ2v) is 16.3. The van der Waals surface area contributed by atoms with Crippen LogP contribution in [0, 0.1) is 5.92 Å². The molecule has 0 saturated heterocycles. The largest absolute Gasteiger partial charge is 0.377 e. The van der Waals surface area contributed by atoms with Crippen molar-refractivity contribution in [2.45, 2.75) is 125 Å². The van der Waals surface area contributed by atoms with Gasteiger partial charge in [0.2, 0.25) is 5.91 Å². The standard InChI is InChI=1S/C48H95NO16/c1-11-13-14-47(12-2)39-65-46(10)38-64-45(9)37-63-44(8)36-62-43(7)35-61-42(6)34-60-41(5)33-59-32-31-58-30-29-57-28-27-56-26-25-55-24-23-54-22-21-53-20-19-52-18-17-51-16-15-49-48(50)40(3)4/h41-47H,3,11-39H2,1-2,4-10H3,(H,49,50). The highest BCUT2D eigenvalue weighted by molar-refractivity contribution is 5.92. The minimum absolute atomic E-state index is 0.0213. The zero-order valence-electron chi connectivity index (χ0n) is 42.3. The molecule has 7 unspecified atom stereocenters. The summed E-state index contributed by atoms with van der Waals surface area (Å²) in [5, 5.41) is 2.70. The summed E-state index contributed by atoms with van der Waals surface area (Å²) in [7, 11) is 0. The maximum absolute atomic E-state index is 11.3. The van der Waals surface area contributed by atoms with Gasteiger partial charge in [-0.2, -0.15) is 0 Å². The molecule has 0 aliphatic heterocycles. The molecule has 0 heterocycles. The lowest BCUT2D eigenvalue weighted by Gasteiger charge is -2.23. The lowest BCUT2D eigenvalue weighted by molar-refractivity contribution is -0.117. The Morgan fingerprint density at radius 2 is 0.692 bits per heavy atom. The maximum atomic E-state index is 11.3. The predicted octanol–water partition coefficient (Wildman–Crippen LogP) is 5.48. The molecule has 0 aromatic rings. The second-order valence-electron chi connectivity index (χ2n) is 16.3. The molecule has 0 fully saturated rings. The summed E-state index contributed by atoms with van der Waals surface area (Å²) in [5.74, 6) is 0.463. The molecule has 0 spiro atoms. The van der Waals surface area contributed by atoms with Gasteiger partial charge in [-0.15, -0.1) is 0 Å². The van der Waals surface area contributed by atoms with Crippen molar-refractivity contribution in [3.05, 3.63) is 12.2 Å². The Hall–Kier alpha value is -1.39. The van der Waals surface area contributed by atoms with Crippen LogP contribution in [0.3, 0.4) is 0 Å². The Bertz CT molecular complexity index is 1030. The fourth-order valence-corrected chi connectivity index (χ4v) is 5.38. The van der Waals surface area contributed by atoms with E-state index in [1.54, 1.807) is 6.92 Å². The maximum Gasteiger partial charge on any atom is 0.246 e. The molecular weight excluding hydrogens is 847 g/mol. The highest BCUT2D eigenvalue weighted by atomic mass is 16.6. The first-order valence-corrected chi connectivity index (χ1v) is 24.3. The third kappa shape index (κ3) is 46.1. The van der Waals surface area contributed by atoms with E-state index in [0.29, 0.717) is 170 Å². The molecule has 388 valence electrons. The van der Waals surface area contributed by atoms with Crippen LogP contribution in [0.2, 0.25) is 0 Å². The number of unbranched alkanes of at least 4 members (excludes halogenated alkanes) is 1.